The van der Waals surface area contributed by atoms with Gasteiger partial charge >= 0.3 is 47.5 Å². The summed E-state index contributed by atoms with van der Waals surface area (Å²) in [7, 11) is 10.5. The van der Waals surface area contributed by atoms with Crippen LogP contribution in [0.1, 0.15) is 136 Å². The average molecular weight is 948 g/mol. The van der Waals surface area contributed by atoms with Crippen molar-refractivity contribution in [3.63, 3.8) is 0 Å². The van der Waals surface area contributed by atoms with E-state index in [2.05, 4.69) is 66.2 Å². The second kappa shape index (κ2) is 43.6. The number of epoxide rings is 1. The standard InChI is InChI=1S/C16H32NO3.C13H23N3O3.C13H22O3.HI.H2N.Na/c1-6-7-8-11-14(17(2,3)4)15(18)12-9-10-13-16(19)20-5;1-3-4-5-8-11(15-16-14)12(17)9-6-7-10-13(18)19-2;1-3-4-5-8-11-12(16-11)9-6-7-10-13(14)15-2;;;/h9-10,14-15,18H,6-8,11-13H2,1-5H3;6-7,11-12,17H,3-5,8-10H2,1-2H3;6-7,11-12H,3-5,8-10H2,1-2H3;1H;1H2;/q+1;;;;-1;+1/p-1/b10-9+;2*7-6+;;;. The van der Waals surface area contributed by atoms with Gasteiger partial charge in [-0.1, -0.05) is 114 Å². The number of unbranched alkanes of at least 4 members (excludes halogenated alkanes) is 6. The third-order valence-electron chi connectivity index (χ3n) is 9.23. The van der Waals surface area contributed by atoms with Gasteiger partial charge < -0.3 is 63.8 Å². The molecule has 0 aromatic rings. The summed E-state index contributed by atoms with van der Waals surface area (Å²) in [5.41, 5.74) is 8.49. The van der Waals surface area contributed by atoms with Crippen LogP contribution in [-0.4, -0.2) is 112 Å². The van der Waals surface area contributed by atoms with E-state index in [1.807, 2.05) is 18.2 Å². The Kier molecular flexibility index (Phi) is 49.3. The molecule has 16 heteroatoms. The summed E-state index contributed by atoms with van der Waals surface area (Å²) < 4.78 is 19.9. The normalized spacial score (nSPS) is 16.3. The maximum absolute atomic E-state index is 11.0. The van der Waals surface area contributed by atoms with Crippen LogP contribution in [0.25, 0.3) is 16.6 Å². The first-order valence-corrected chi connectivity index (χ1v) is 20.3. The molecule has 1 aliphatic rings. The Morgan fingerprint density at radius 3 is 1.57 bits per heavy atom. The summed E-state index contributed by atoms with van der Waals surface area (Å²) >= 11 is 0. The summed E-state index contributed by atoms with van der Waals surface area (Å²) in [6, 6.07) is -0.177. The average Bonchev–Trinajstić information content (AvgIpc) is 3.92. The first kappa shape index (κ1) is 65.6. The summed E-state index contributed by atoms with van der Waals surface area (Å²) in [6.07, 6.45) is 26.7. The zero-order chi connectivity index (χ0) is 41.9. The van der Waals surface area contributed by atoms with Gasteiger partial charge in [-0.3, -0.25) is 14.4 Å². The largest absolute Gasteiger partial charge is 1.00 e. The molecule has 4 N–H and O–H groups in total. The number of nitrogens with zero attached hydrogens (tertiary/aromatic N) is 4. The topological polar surface area (TPSA) is 214 Å². The predicted octanol–water partition coefficient (Wildman–Crippen LogP) is 3.20. The Hall–Kier alpha value is -1.53. The number of esters is 3. The molecule has 6 atom stereocenters. The number of aliphatic hydroxyl groups is 2. The Bertz CT molecular complexity index is 1150. The number of quaternary nitrogens is 1. The molecule has 334 valence electrons. The molecule has 0 aromatic heterocycles. The second-order valence-electron chi connectivity index (χ2n) is 14.8. The molecule has 14 nitrogen and oxygen atoms in total. The van der Waals surface area contributed by atoms with Crippen LogP contribution in [0, 0.1) is 0 Å². The number of rotatable bonds is 28. The van der Waals surface area contributed by atoms with Crippen molar-refractivity contribution in [3.8, 4) is 0 Å². The zero-order valence-corrected chi connectivity index (χ0v) is 41.8. The number of azide groups is 1. The van der Waals surface area contributed by atoms with Gasteiger partial charge in [0.15, 0.2) is 0 Å². The van der Waals surface area contributed by atoms with Gasteiger partial charge in [-0.2, -0.15) is 0 Å². The number of carbonyl (C=O) groups excluding carboxylic acids is 3. The van der Waals surface area contributed by atoms with Gasteiger partial charge in [0, 0.05) is 11.3 Å². The molecule has 0 aromatic carbocycles. The van der Waals surface area contributed by atoms with Crippen LogP contribution in [0.15, 0.2) is 41.6 Å². The molecule has 1 saturated heterocycles. The zero-order valence-electron chi connectivity index (χ0n) is 37.7. The second-order valence-corrected chi connectivity index (χ2v) is 14.8. The number of hydrogen-bond acceptors (Lipinski definition) is 10. The van der Waals surface area contributed by atoms with Crippen LogP contribution in [0.5, 0.6) is 0 Å². The fourth-order valence-corrected chi connectivity index (χ4v) is 5.74. The third kappa shape index (κ3) is 38.7. The fraction of sp³-hybridized carbons (Fsp3) is 0.786. The molecule has 1 heterocycles. The molecule has 0 aliphatic carbocycles. The molecule has 58 heavy (non-hydrogen) atoms. The first-order valence-electron chi connectivity index (χ1n) is 20.3. The number of nitrogens with two attached hydrogens (primary N) is 1. The third-order valence-corrected chi connectivity index (χ3v) is 9.23. The van der Waals surface area contributed by atoms with E-state index in [-0.39, 0.29) is 103 Å². The number of likely N-dealkylation sites (N-methyl/N-ethyl adjacent to an activating group) is 1. The number of aliphatic hydroxyl groups excluding tert-OH is 2. The minimum Gasteiger partial charge on any atom is -1.00 e. The van der Waals surface area contributed by atoms with E-state index in [9.17, 15) is 24.6 Å². The molecule has 6 unspecified atom stereocenters. The first-order chi connectivity index (χ1) is 26.2. The molecule has 0 amide bonds. The molecule has 1 aliphatic heterocycles. The Morgan fingerprint density at radius 2 is 1.14 bits per heavy atom. The quantitative estimate of drug-likeness (QED) is 0.0101. The van der Waals surface area contributed by atoms with Crippen LogP contribution < -0.4 is 53.5 Å². The maximum Gasteiger partial charge on any atom is 1.00 e. The van der Waals surface area contributed by atoms with Crippen molar-refractivity contribution in [2.45, 2.75) is 173 Å². The molecule has 0 saturated carbocycles. The molecular weight excluding hydrogens is 868 g/mol. The minimum atomic E-state index is -0.707. The summed E-state index contributed by atoms with van der Waals surface area (Å²) in [4.78, 5) is 35.4. The molecule has 0 radical (unpaired) electrons. The number of carbonyl (C=O) groups is 3. The van der Waals surface area contributed by atoms with Gasteiger partial charge in [-0.05, 0) is 44.1 Å². The van der Waals surface area contributed by atoms with Gasteiger partial charge in [0.25, 0.3) is 0 Å². The Labute approximate surface area is 390 Å². The van der Waals surface area contributed by atoms with Crippen molar-refractivity contribution in [2.24, 2.45) is 5.11 Å². The number of halogens is 1. The van der Waals surface area contributed by atoms with Gasteiger partial charge in [-0.25, -0.2) is 0 Å². The number of ether oxygens (including phenoxy) is 4. The minimum absolute atomic E-state index is 0. The van der Waals surface area contributed by atoms with Crippen molar-refractivity contribution in [1.29, 1.82) is 0 Å². The van der Waals surface area contributed by atoms with Gasteiger partial charge in [0.1, 0.15) is 12.1 Å². The van der Waals surface area contributed by atoms with E-state index in [0.29, 0.717) is 37.9 Å². The summed E-state index contributed by atoms with van der Waals surface area (Å²) in [5.74, 6) is -0.755. The van der Waals surface area contributed by atoms with Crippen molar-refractivity contribution in [3.05, 3.63) is 53.0 Å². The van der Waals surface area contributed by atoms with Crippen LogP contribution in [0.3, 0.4) is 0 Å². The Morgan fingerprint density at radius 1 is 0.707 bits per heavy atom. The predicted molar refractivity (Wildman–Crippen MR) is 224 cm³/mol. The molecule has 0 spiro atoms. The molecule has 0 bridgehead atoms. The monoisotopic (exact) mass is 947 g/mol. The smallest absolute Gasteiger partial charge is 1.00 e. The van der Waals surface area contributed by atoms with E-state index in [0.717, 1.165) is 43.0 Å². The number of hydrogen-bond donors (Lipinski definition) is 2. The number of methoxy groups -OCH3 is 3. The van der Waals surface area contributed by atoms with Crippen molar-refractivity contribution < 1.29 is 102 Å². The molecular formula is C42H79IN5NaO9. The van der Waals surface area contributed by atoms with Crippen LogP contribution >= 0.6 is 0 Å². The fourth-order valence-electron chi connectivity index (χ4n) is 5.74. The van der Waals surface area contributed by atoms with E-state index in [4.69, 9.17) is 10.3 Å². The summed E-state index contributed by atoms with van der Waals surface area (Å²) in [6.45, 7) is 6.49. The van der Waals surface area contributed by atoms with Crippen molar-refractivity contribution in [1.82, 2.24) is 0 Å². The SMILES string of the molecule is CCCCCC(C(O)C/C=C/CC(=O)OC)[N+](C)(C)C.CCCCCC(N=[N+]=[N-])C(O)C/C=C/CC(=O)OC.CCCCCC1OC1C/C=C/CC(=O)OC.[I-].[NH2-].[Na+]. The van der Waals surface area contributed by atoms with Crippen molar-refractivity contribution >= 4 is 17.9 Å². The van der Waals surface area contributed by atoms with Gasteiger partial charge in [-0.15, -0.1) is 0 Å². The van der Waals surface area contributed by atoms with Crippen LogP contribution in [-0.2, 0) is 33.3 Å². The van der Waals surface area contributed by atoms with E-state index in [1.54, 1.807) is 18.2 Å². The maximum atomic E-state index is 11.0. The molecule has 1 fully saturated rings. The van der Waals surface area contributed by atoms with E-state index >= 15 is 0 Å². The molecule has 1 rings (SSSR count). The summed E-state index contributed by atoms with van der Waals surface area (Å²) in [5, 5.41) is 23.9. The van der Waals surface area contributed by atoms with E-state index in [1.165, 1.54) is 59.9 Å². The van der Waals surface area contributed by atoms with Crippen LogP contribution in [0.4, 0.5) is 0 Å². The Balaban J connectivity index is -0.000000237. The van der Waals surface area contributed by atoms with Crippen molar-refractivity contribution in [2.75, 3.05) is 42.5 Å². The van der Waals surface area contributed by atoms with E-state index < -0.39 is 12.1 Å². The van der Waals surface area contributed by atoms with Crippen LogP contribution in [0.2, 0.25) is 0 Å². The van der Waals surface area contributed by atoms with Gasteiger partial charge in [0.05, 0.1) is 86.1 Å². The van der Waals surface area contributed by atoms with Gasteiger partial charge in [0.2, 0.25) is 0 Å².